The highest BCUT2D eigenvalue weighted by molar-refractivity contribution is 6.42. The van der Waals surface area contributed by atoms with Crippen LogP contribution in [0.5, 0.6) is 0 Å². The molecule has 94 valence electrons. The van der Waals surface area contributed by atoms with Crippen LogP contribution in [0.1, 0.15) is 35.6 Å². The number of halogens is 2. The van der Waals surface area contributed by atoms with E-state index in [4.69, 9.17) is 33.5 Å². The summed E-state index contributed by atoms with van der Waals surface area (Å²) >= 11 is 12.2. The lowest BCUT2D eigenvalue weighted by molar-refractivity contribution is 0.404. The predicted octanol–water partition coefficient (Wildman–Crippen LogP) is 4.03. The van der Waals surface area contributed by atoms with Crippen LogP contribution in [0.4, 0.5) is 5.69 Å². The fourth-order valence-corrected chi connectivity index (χ4v) is 2.96. The number of anilines is 1. The van der Waals surface area contributed by atoms with E-state index >= 15 is 0 Å². The average Bonchev–Trinajstić information content (AvgIpc) is 2.76. The lowest BCUT2D eigenvalue weighted by Crippen LogP contribution is -2.12. The summed E-state index contributed by atoms with van der Waals surface area (Å²) in [5.41, 5.74) is 9.67. The molecule has 0 fully saturated rings. The molecular weight excluding hydrogens is 271 g/mol. The Hall–Kier alpha value is -1.19. The van der Waals surface area contributed by atoms with Crippen molar-refractivity contribution in [2.45, 2.75) is 25.2 Å². The van der Waals surface area contributed by atoms with Gasteiger partial charge in [-0.3, -0.25) is 0 Å². The van der Waals surface area contributed by atoms with Gasteiger partial charge in [0, 0.05) is 5.92 Å². The summed E-state index contributed by atoms with van der Waals surface area (Å²) in [5, 5.41) is 5.19. The van der Waals surface area contributed by atoms with Crippen molar-refractivity contribution in [3.8, 4) is 0 Å². The van der Waals surface area contributed by atoms with Crippen LogP contribution < -0.4 is 5.73 Å². The van der Waals surface area contributed by atoms with Crippen molar-refractivity contribution in [1.29, 1.82) is 0 Å². The van der Waals surface area contributed by atoms with E-state index < -0.39 is 0 Å². The number of benzene rings is 1. The SMILES string of the molecule is Nc1conc1C1CCCc2cc(Cl)c(Cl)cc21. The van der Waals surface area contributed by atoms with Gasteiger partial charge in [-0.25, -0.2) is 0 Å². The summed E-state index contributed by atoms with van der Waals surface area (Å²) in [5.74, 6) is 0.155. The van der Waals surface area contributed by atoms with E-state index in [-0.39, 0.29) is 5.92 Å². The van der Waals surface area contributed by atoms with Gasteiger partial charge in [0.25, 0.3) is 0 Å². The fraction of sp³-hybridized carbons (Fsp3) is 0.308. The molecule has 1 heterocycles. The zero-order valence-corrected chi connectivity index (χ0v) is 11.1. The van der Waals surface area contributed by atoms with E-state index in [1.54, 1.807) is 0 Å². The van der Waals surface area contributed by atoms with Crippen LogP contribution in [-0.4, -0.2) is 5.16 Å². The summed E-state index contributed by atoms with van der Waals surface area (Å²) in [4.78, 5) is 0. The average molecular weight is 283 g/mol. The highest BCUT2D eigenvalue weighted by Gasteiger charge is 2.26. The van der Waals surface area contributed by atoms with Gasteiger partial charge >= 0.3 is 0 Å². The first kappa shape index (κ1) is 11.9. The Labute approximate surface area is 115 Å². The van der Waals surface area contributed by atoms with Gasteiger partial charge in [0.2, 0.25) is 0 Å². The van der Waals surface area contributed by atoms with Gasteiger partial charge in [-0.05, 0) is 42.5 Å². The van der Waals surface area contributed by atoms with E-state index in [1.165, 1.54) is 11.8 Å². The van der Waals surface area contributed by atoms with Crippen LogP contribution in [-0.2, 0) is 6.42 Å². The lowest BCUT2D eigenvalue weighted by Gasteiger charge is -2.24. The molecule has 1 atom stereocenters. The Morgan fingerprint density at radius 1 is 1.28 bits per heavy atom. The van der Waals surface area contributed by atoms with Gasteiger partial charge < -0.3 is 10.3 Å². The summed E-state index contributed by atoms with van der Waals surface area (Å²) < 4.78 is 4.93. The highest BCUT2D eigenvalue weighted by atomic mass is 35.5. The van der Waals surface area contributed by atoms with Crippen LogP contribution in [0.15, 0.2) is 22.9 Å². The normalized spacial score (nSPS) is 18.7. The molecule has 1 aliphatic carbocycles. The minimum atomic E-state index is 0.155. The molecule has 0 bridgehead atoms. The van der Waals surface area contributed by atoms with E-state index in [2.05, 4.69) is 5.16 Å². The van der Waals surface area contributed by atoms with Gasteiger partial charge in [0.1, 0.15) is 12.0 Å². The summed E-state index contributed by atoms with van der Waals surface area (Å²) in [6.45, 7) is 0. The van der Waals surface area contributed by atoms with Crippen LogP contribution in [0, 0.1) is 0 Å². The molecule has 1 aliphatic rings. The second-order valence-electron chi connectivity index (χ2n) is 4.57. The van der Waals surface area contributed by atoms with E-state index in [0.29, 0.717) is 15.7 Å². The molecule has 0 saturated heterocycles. The van der Waals surface area contributed by atoms with Crippen molar-refractivity contribution in [3.05, 3.63) is 45.3 Å². The molecule has 0 amide bonds. The van der Waals surface area contributed by atoms with Crippen molar-refractivity contribution < 1.29 is 4.52 Å². The largest absolute Gasteiger partial charge is 0.395 e. The zero-order valence-electron chi connectivity index (χ0n) is 9.62. The first-order valence-corrected chi connectivity index (χ1v) is 6.60. The molecule has 3 nitrogen and oxygen atoms in total. The molecule has 1 aromatic carbocycles. The quantitative estimate of drug-likeness (QED) is 0.859. The van der Waals surface area contributed by atoms with Crippen molar-refractivity contribution in [2.75, 3.05) is 5.73 Å². The first-order chi connectivity index (χ1) is 8.66. The number of nitrogens with two attached hydrogens (primary N) is 1. The number of hydrogen-bond donors (Lipinski definition) is 1. The zero-order chi connectivity index (χ0) is 12.7. The standard InChI is InChI=1S/C13H12Cl2N2O/c14-10-4-7-2-1-3-8(9(7)5-11(10)15)13-12(16)6-18-17-13/h4-6,8H,1-3,16H2. The van der Waals surface area contributed by atoms with E-state index in [1.807, 2.05) is 12.1 Å². The second-order valence-corrected chi connectivity index (χ2v) is 5.38. The van der Waals surface area contributed by atoms with Crippen LogP contribution in [0.3, 0.4) is 0 Å². The molecule has 1 unspecified atom stereocenters. The van der Waals surface area contributed by atoms with Crippen molar-refractivity contribution in [1.82, 2.24) is 5.16 Å². The third-order valence-corrected chi connectivity index (χ3v) is 4.18. The smallest absolute Gasteiger partial charge is 0.147 e. The predicted molar refractivity (Wildman–Crippen MR) is 72.2 cm³/mol. The number of fused-ring (bicyclic) bond motifs is 1. The minimum Gasteiger partial charge on any atom is -0.395 e. The maximum atomic E-state index is 6.11. The Balaban J connectivity index is 2.12. The molecule has 2 aromatic rings. The summed E-state index contributed by atoms with van der Waals surface area (Å²) in [7, 11) is 0. The molecule has 0 spiro atoms. The number of hydrogen-bond acceptors (Lipinski definition) is 3. The van der Waals surface area contributed by atoms with Gasteiger partial charge in [-0.1, -0.05) is 28.4 Å². The Morgan fingerprint density at radius 2 is 2.06 bits per heavy atom. The van der Waals surface area contributed by atoms with Crippen molar-refractivity contribution >= 4 is 28.9 Å². The van der Waals surface area contributed by atoms with Gasteiger partial charge in [-0.2, -0.15) is 0 Å². The fourth-order valence-electron chi connectivity index (χ4n) is 2.60. The molecule has 0 saturated carbocycles. The van der Waals surface area contributed by atoms with Gasteiger partial charge in [0.15, 0.2) is 0 Å². The molecule has 2 N–H and O–H groups in total. The molecule has 0 radical (unpaired) electrons. The van der Waals surface area contributed by atoms with Crippen LogP contribution in [0.2, 0.25) is 10.0 Å². The molecular formula is C13H12Cl2N2O. The monoisotopic (exact) mass is 282 g/mol. The Kier molecular flexibility index (Phi) is 2.96. The van der Waals surface area contributed by atoms with Gasteiger partial charge in [0.05, 0.1) is 15.7 Å². The van der Waals surface area contributed by atoms with Gasteiger partial charge in [-0.15, -0.1) is 0 Å². The Bertz CT molecular complexity index is 595. The molecule has 0 aliphatic heterocycles. The lowest BCUT2D eigenvalue weighted by atomic mass is 9.81. The second kappa shape index (κ2) is 4.48. The van der Waals surface area contributed by atoms with Crippen molar-refractivity contribution in [2.24, 2.45) is 0 Å². The topological polar surface area (TPSA) is 52.0 Å². The van der Waals surface area contributed by atoms with Crippen LogP contribution >= 0.6 is 23.2 Å². The summed E-state index contributed by atoms with van der Waals surface area (Å²) in [6, 6.07) is 3.87. The maximum absolute atomic E-state index is 6.11. The number of rotatable bonds is 1. The number of nitrogen functional groups attached to an aromatic ring is 1. The maximum Gasteiger partial charge on any atom is 0.147 e. The first-order valence-electron chi connectivity index (χ1n) is 5.84. The van der Waals surface area contributed by atoms with E-state index in [0.717, 1.165) is 30.5 Å². The summed E-state index contributed by atoms with van der Waals surface area (Å²) in [6.07, 6.45) is 4.57. The number of aryl methyl sites for hydroxylation is 1. The number of nitrogens with zero attached hydrogens (tertiary/aromatic N) is 1. The van der Waals surface area contributed by atoms with Crippen LogP contribution in [0.25, 0.3) is 0 Å². The van der Waals surface area contributed by atoms with E-state index in [9.17, 15) is 0 Å². The molecule has 3 rings (SSSR count). The minimum absolute atomic E-state index is 0.155. The highest BCUT2D eigenvalue weighted by Crippen LogP contribution is 2.41. The Morgan fingerprint density at radius 3 is 2.78 bits per heavy atom. The number of aromatic nitrogens is 1. The molecule has 5 heteroatoms. The van der Waals surface area contributed by atoms with Crippen molar-refractivity contribution in [3.63, 3.8) is 0 Å². The third kappa shape index (κ3) is 1.88. The molecule has 1 aromatic heterocycles. The third-order valence-electron chi connectivity index (χ3n) is 3.45. The molecule has 18 heavy (non-hydrogen) atoms.